The first-order valence-corrected chi connectivity index (χ1v) is 8.39. The Kier molecular flexibility index (Phi) is 6.03. The fourth-order valence-electron chi connectivity index (χ4n) is 3.41. The van der Waals surface area contributed by atoms with E-state index in [0.717, 1.165) is 31.8 Å². The van der Waals surface area contributed by atoms with E-state index >= 15 is 0 Å². The normalized spacial score (nSPS) is 29.7. The first-order valence-electron chi connectivity index (χ1n) is 8.39. The van der Waals surface area contributed by atoms with E-state index in [1.54, 1.807) is 0 Å². The topological polar surface area (TPSA) is 61.4 Å². The molecule has 5 heteroatoms. The van der Waals surface area contributed by atoms with Gasteiger partial charge in [0.05, 0.1) is 5.92 Å². The molecule has 1 aliphatic heterocycles. The summed E-state index contributed by atoms with van der Waals surface area (Å²) in [6.07, 6.45) is 4.99. The summed E-state index contributed by atoms with van der Waals surface area (Å²) in [5, 5.41) is 6.11. The van der Waals surface area contributed by atoms with Crippen LogP contribution in [0.3, 0.4) is 0 Å². The van der Waals surface area contributed by atoms with Gasteiger partial charge in [0.15, 0.2) is 0 Å². The second-order valence-corrected chi connectivity index (χ2v) is 6.51. The fourth-order valence-corrected chi connectivity index (χ4v) is 3.41. The smallest absolute Gasteiger partial charge is 0.225 e. The van der Waals surface area contributed by atoms with Crippen molar-refractivity contribution in [1.82, 2.24) is 15.5 Å². The van der Waals surface area contributed by atoms with Crippen LogP contribution in [-0.2, 0) is 9.59 Å². The van der Waals surface area contributed by atoms with Gasteiger partial charge in [-0.15, -0.1) is 0 Å². The van der Waals surface area contributed by atoms with E-state index in [1.165, 1.54) is 12.8 Å². The van der Waals surface area contributed by atoms with Crippen LogP contribution in [0.2, 0.25) is 0 Å². The van der Waals surface area contributed by atoms with Gasteiger partial charge in [-0.05, 0) is 38.1 Å². The van der Waals surface area contributed by atoms with Crippen molar-refractivity contribution in [2.24, 2.45) is 11.8 Å². The Morgan fingerprint density at radius 3 is 2.62 bits per heavy atom. The van der Waals surface area contributed by atoms with Gasteiger partial charge in [-0.2, -0.15) is 0 Å². The number of amides is 2. The third-order valence-electron chi connectivity index (χ3n) is 4.81. The largest absolute Gasteiger partial charge is 0.355 e. The molecule has 2 rings (SSSR count). The van der Waals surface area contributed by atoms with Gasteiger partial charge in [0.2, 0.25) is 11.8 Å². The van der Waals surface area contributed by atoms with E-state index < -0.39 is 0 Å². The van der Waals surface area contributed by atoms with Gasteiger partial charge in [-0.3, -0.25) is 9.59 Å². The SMILES string of the molecule is CCNCCNC(=O)C1CC(=O)N(C2CCC(C)CC2)C1. The molecule has 120 valence electrons. The molecule has 2 fully saturated rings. The van der Waals surface area contributed by atoms with Gasteiger partial charge in [-0.1, -0.05) is 13.8 Å². The van der Waals surface area contributed by atoms with Crippen LogP contribution in [0.5, 0.6) is 0 Å². The predicted molar refractivity (Wildman–Crippen MR) is 82.8 cm³/mol. The second kappa shape index (κ2) is 7.78. The van der Waals surface area contributed by atoms with E-state index in [0.29, 0.717) is 25.6 Å². The van der Waals surface area contributed by atoms with Gasteiger partial charge in [-0.25, -0.2) is 0 Å². The molecule has 2 N–H and O–H groups in total. The first kappa shape index (κ1) is 16.3. The Balaban J connectivity index is 1.77. The monoisotopic (exact) mass is 295 g/mol. The van der Waals surface area contributed by atoms with Crippen LogP contribution in [-0.4, -0.2) is 48.9 Å². The Hall–Kier alpha value is -1.10. The van der Waals surface area contributed by atoms with Crippen LogP contribution in [0.15, 0.2) is 0 Å². The molecule has 1 saturated carbocycles. The van der Waals surface area contributed by atoms with Gasteiger partial charge in [0.1, 0.15) is 0 Å². The average molecular weight is 295 g/mol. The summed E-state index contributed by atoms with van der Waals surface area (Å²) in [4.78, 5) is 26.3. The van der Waals surface area contributed by atoms with Crippen molar-refractivity contribution in [2.45, 2.75) is 52.0 Å². The molecule has 1 heterocycles. The van der Waals surface area contributed by atoms with Crippen molar-refractivity contribution in [2.75, 3.05) is 26.2 Å². The number of hydrogen-bond acceptors (Lipinski definition) is 3. The van der Waals surface area contributed by atoms with Crippen molar-refractivity contribution < 1.29 is 9.59 Å². The average Bonchev–Trinajstić information content (AvgIpc) is 2.86. The van der Waals surface area contributed by atoms with Crippen molar-refractivity contribution in [3.8, 4) is 0 Å². The molecule has 1 atom stereocenters. The zero-order valence-electron chi connectivity index (χ0n) is 13.4. The molecule has 21 heavy (non-hydrogen) atoms. The number of carbonyl (C=O) groups is 2. The maximum Gasteiger partial charge on any atom is 0.225 e. The summed E-state index contributed by atoms with van der Waals surface area (Å²) in [7, 11) is 0. The molecule has 0 radical (unpaired) electrons. The Labute approximate surface area is 127 Å². The quantitative estimate of drug-likeness (QED) is 0.722. The lowest BCUT2D eigenvalue weighted by molar-refractivity contribution is -0.130. The number of hydrogen-bond donors (Lipinski definition) is 2. The molecule has 0 aromatic carbocycles. The van der Waals surface area contributed by atoms with E-state index in [1.807, 2.05) is 11.8 Å². The third-order valence-corrected chi connectivity index (χ3v) is 4.81. The number of likely N-dealkylation sites (tertiary alicyclic amines) is 1. The molecule has 1 saturated heterocycles. The predicted octanol–water partition coefficient (Wildman–Crippen LogP) is 1.14. The highest BCUT2D eigenvalue weighted by molar-refractivity contribution is 5.89. The first-order chi connectivity index (χ1) is 10.1. The zero-order chi connectivity index (χ0) is 15.2. The van der Waals surface area contributed by atoms with Crippen molar-refractivity contribution in [1.29, 1.82) is 0 Å². The lowest BCUT2D eigenvalue weighted by atomic mass is 9.87. The van der Waals surface area contributed by atoms with Gasteiger partial charge in [0, 0.05) is 32.1 Å². The molecule has 0 bridgehead atoms. The highest BCUT2D eigenvalue weighted by atomic mass is 16.2. The lowest BCUT2D eigenvalue weighted by Crippen LogP contribution is -2.40. The zero-order valence-corrected chi connectivity index (χ0v) is 13.4. The summed E-state index contributed by atoms with van der Waals surface area (Å²) >= 11 is 0. The molecule has 5 nitrogen and oxygen atoms in total. The Morgan fingerprint density at radius 2 is 1.95 bits per heavy atom. The number of likely N-dealkylation sites (N-methyl/N-ethyl adjacent to an activating group) is 1. The minimum Gasteiger partial charge on any atom is -0.355 e. The van der Waals surface area contributed by atoms with Gasteiger partial charge < -0.3 is 15.5 Å². The molecular formula is C16H29N3O2. The molecular weight excluding hydrogens is 266 g/mol. The minimum atomic E-state index is -0.154. The maximum absolute atomic E-state index is 12.2. The van der Waals surface area contributed by atoms with Gasteiger partial charge >= 0.3 is 0 Å². The Bertz CT molecular complexity index is 365. The summed E-state index contributed by atoms with van der Waals surface area (Å²) in [5.74, 6) is 0.830. The van der Waals surface area contributed by atoms with Crippen LogP contribution in [0.1, 0.15) is 46.0 Å². The van der Waals surface area contributed by atoms with Crippen molar-refractivity contribution in [3.05, 3.63) is 0 Å². The number of nitrogens with zero attached hydrogens (tertiary/aromatic N) is 1. The molecule has 2 aliphatic rings. The van der Waals surface area contributed by atoms with E-state index in [-0.39, 0.29) is 17.7 Å². The van der Waals surface area contributed by atoms with E-state index in [4.69, 9.17) is 0 Å². The lowest BCUT2D eigenvalue weighted by Gasteiger charge is -2.33. The van der Waals surface area contributed by atoms with Gasteiger partial charge in [0.25, 0.3) is 0 Å². The standard InChI is InChI=1S/C16H29N3O2/c1-3-17-8-9-18-16(21)13-10-15(20)19(11-13)14-6-4-12(2)5-7-14/h12-14,17H,3-11H2,1-2H3,(H,18,21). The van der Waals surface area contributed by atoms with Crippen LogP contribution >= 0.6 is 0 Å². The van der Waals surface area contributed by atoms with Crippen LogP contribution in [0, 0.1) is 11.8 Å². The summed E-state index contributed by atoms with van der Waals surface area (Å²) < 4.78 is 0. The van der Waals surface area contributed by atoms with E-state index in [2.05, 4.69) is 17.6 Å². The maximum atomic E-state index is 12.2. The van der Waals surface area contributed by atoms with Crippen molar-refractivity contribution >= 4 is 11.8 Å². The summed E-state index contributed by atoms with van der Waals surface area (Å²) in [6, 6.07) is 0.369. The van der Waals surface area contributed by atoms with Crippen LogP contribution < -0.4 is 10.6 Å². The van der Waals surface area contributed by atoms with Crippen LogP contribution in [0.25, 0.3) is 0 Å². The summed E-state index contributed by atoms with van der Waals surface area (Å²) in [5.41, 5.74) is 0. The van der Waals surface area contributed by atoms with E-state index in [9.17, 15) is 9.59 Å². The highest BCUT2D eigenvalue weighted by Crippen LogP contribution is 2.31. The molecule has 1 unspecified atom stereocenters. The number of rotatable bonds is 6. The molecule has 0 aromatic rings. The number of carbonyl (C=O) groups excluding carboxylic acids is 2. The fraction of sp³-hybridized carbons (Fsp3) is 0.875. The summed E-state index contributed by atoms with van der Waals surface area (Å²) in [6.45, 7) is 7.27. The van der Waals surface area contributed by atoms with Crippen LogP contribution in [0.4, 0.5) is 0 Å². The molecule has 0 aromatic heterocycles. The Morgan fingerprint density at radius 1 is 1.24 bits per heavy atom. The van der Waals surface area contributed by atoms with Crippen molar-refractivity contribution in [3.63, 3.8) is 0 Å². The second-order valence-electron chi connectivity index (χ2n) is 6.51. The third kappa shape index (κ3) is 4.43. The molecule has 2 amide bonds. The number of nitrogens with one attached hydrogen (secondary N) is 2. The molecule has 0 spiro atoms. The minimum absolute atomic E-state index is 0.0351. The highest BCUT2D eigenvalue weighted by Gasteiger charge is 2.38. The molecule has 1 aliphatic carbocycles.